The maximum Gasteiger partial charge on any atom is 0.266 e. The van der Waals surface area contributed by atoms with Crippen molar-refractivity contribution < 1.29 is 19.2 Å². The number of amides is 4. The summed E-state index contributed by atoms with van der Waals surface area (Å²) in [7, 11) is 0. The summed E-state index contributed by atoms with van der Waals surface area (Å²) in [6.45, 7) is 2.04. The van der Waals surface area contributed by atoms with Crippen LogP contribution in [0.2, 0.25) is 0 Å². The quantitative estimate of drug-likeness (QED) is 0.319. The topological polar surface area (TPSA) is 101 Å². The van der Waals surface area contributed by atoms with Crippen LogP contribution in [-0.2, 0) is 6.42 Å². The summed E-state index contributed by atoms with van der Waals surface area (Å²) >= 11 is 0. The maximum atomic E-state index is 13.2. The Hall–Kier alpha value is -5.04. The summed E-state index contributed by atoms with van der Waals surface area (Å²) in [5, 5.41) is 0. The third-order valence-electron chi connectivity index (χ3n) is 6.86. The summed E-state index contributed by atoms with van der Waals surface area (Å²) in [5.74, 6) is -1.60. The van der Waals surface area contributed by atoms with E-state index in [2.05, 4.69) is 0 Å². The highest BCUT2D eigenvalue weighted by atomic mass is 16.2. The lowest BCUT2D eigenvalue weighted by Crippen LogP contribution is -2.29. The highest BCUT2D eigenvalue weighted by Gasteiger charge is 2.38. The molecule has 2 aliphatic rings. The summed E-state index contributed by atoms with van der Waals surface area (Å²) in [4.78, 5) is 54.7. The van der Waals surface area contributed by atoms with Gasteiger partial charge in [0, 0.05) is 5.69 Å². The number of hydrogen-bond donors (Lipinski definition) is 1. The van der Waals surface area contributed by atoms with Gasteiger partial charge in [0.25, 0.3) is 23.6 Å². The van der Waals surface area contributed by atoms with Gasteiger partial charge in [-0.1, -0.05) is 31.2 Å². The van der Waals surface area contributed by atoms with Crippen LogP contribution in [0.5, 0.6) is 0 Å². The molecule has 0 atom stereocenters. The third kappa shape index (κ3) is 3.43. The van der Waals surface area contributed by atoms with E-state index in [-0.39, 0.29) is 11.5 Å². The molecule has 2 aliphatic heterocycles. The third-order valence-corrected chi connectivity index (χ3v) is 6.86. The molecule has 0 bridgehead atoms. The minimum Gasteiger partial charge on any atom is -0.399 e. The number of fused-ring (bicyclic) bond motifs is 2. The molecule has 0 saturated carbocycles. The number of hydrogen-bond acceptors (Lipinski definition) is 5. The van der Waals surface area contributed by atoms with Gasteiger partial charge < -0.3 is 5.73 Å². The van der Waals surface area contributed by atoms with Crippen LogP contribution in [0.15, 0.2) is 84.9 Å². The molecule has 180 valence electrons. The fraction of sp³-hybridized carbons (Fsp3) is 0.0667. The average Bonchev–Trinajstić information content (AvgIpc) is 3.32. The van der Waals surface area contributed by atoms with Gasteiger partial charge in [0.15, 0.2) is 0 Å². The van der Waals surface area contributed by atoms with Gasteiger partial charge >= 0.3 is 0 Å². The Balaban J connectivity index is 1.34. The molecule has 0 unspecified atom stereocenters. The number of aryl methyl sites for hydroxylation is 1. The number of imide groups is 2. The SMILES string of the molecule is CCc1ccc(N2C(=O)c3ccc(-c4ccc5c(c4)C(=O)N(c4ccc(N)cc4)C5=O)cc3C2=O)cc1. The lowest BCUT2D eigenvalue weighted by Gasteiger charge is -2.14. The smallest absolute Gasteiger partial charge is 0.266 e. The molecule has 4 aromatic rings. The molecule has 4 aromatic carbocycles. The van der Waals surface area contributed by atoms with Crippen molar-refractivity contribution in [3.8, 4) is 11.1 Å². The van der Waals surface area contributed by atoms with Crippen molar-refractivity contribution in [3.05, 3.63) is 113 Å². The Morgan fingerprint density at radius 3 is 1.38 bits per heavy atom. The van der Waals surface area contributed by atoms with E-state index in [1.54, 1.807) is 72.8 Å². The van der Waals surface area contributed by atoms with Crippen LogP contribution in [0.4, 0.5) is 17.1 Å². The molecule has 0 aromatic heterocycles. The first-order valence-corrected chi connectivity index (χ1v) is 11.9. The Labute approximate surface area is 212 Å². The molecular formula is C30H21N3O4. The van der Waals surface area contributed by atoms with Gasteiger partial charge in [-0.25, -0.2) is 9.80 Å². The summed E-state index contributed by atoms with van der Waals surface area (Å²) in [6, 6.07) is 23.9. The molecule has 0 saturated heterocycles. The Morgan fingerprint density at radius 2 is 0.946 bits per heavy atom. The predicted octanol–water partition coefficient (Wildman–Crippen LogP) is 5.10. The van der Waals surface area contributed by atoms with Crippen LogP contribution in [0.3, 0.4) is 0 Å². The first kappa shape index (κ1) is 22.4. The molecule has 0 fully saturated rings. The number of carbonyl (C=O) groups excluding carboxylic acids is 4. The average molecular weight is 488 g/mol. The zero-order valence-corrected chi connectivity index (χ0v) is 19.9. The van der Waals surface area contributed by atoms with Gasteiger partial charge in [-0.2, -0.15) is 0 Å². The lowest BCUT2D eigenvalue weighted by atomic mass is 9.97. The van der Waals surface area contributed by atoms with Crippen LogP contribution in [0, 0.1) is 0 Å². The van der Waals surface area contributed by atoms with Crippen molar-refractivity contribution in [2.75, 3.05) is 15.5 Å². The van der Waals surface area contributed by atoms with Crippen LogP contribution in [0.1, 0.15) is 53.9 Å². The molecule has 2 heterocycles. The minimum atomic E-state index is -0.430. The molecule has 0 spiro atoms. The van der Waals surface area contributed by atoms with Gasteiger partial charge in [0.1, 0.15) is 0 Å². The van der Waals surface area contributed by atoms with Gasteiger partial charge in [-0.15, -0.1) is 0 Å². The molecule has 6 rings (SSSR count). The molecule has 0 aliphatic carbocycles. The second kappa shape index (κ2) is 8.27. The first-order valence-electron chi connectivity index (χ1n) is 11.9. The van der Waals surface area contributed by atoms with Gasteiger partial charge in [-0.3, -0.25) is 19.2 Å². The van der Waals surface area contributed by atoms with E-state index >= 15 is 0 Å². The highest BCUT2D eigenvalue weighted by molar-refractivity contribution is 6.35. The Kier molecular flexibility index (Phi) is 5.01. The normalized spacial score (nSPS) is 14.4. The fourth-order valence-corrected chi connectivity index (χ4v) is 4.81. The first-order chi connectivity index (χ1) is 17.9. The number of nitrogens with zero attached hydrogens (tertiary/aromatic N) is 2. The number of nitrogens with two attached hydrogens (primary N) is 1. The van der Waals surface area contributed by atoms with E-state index in [9.17, 15) is 19.2 Å². The van der Waals surface area contributed by atoms with Crippen LogP contribution in [-0.4, -0.2) is 23.6 Å². The van der Waals surface area contributed by atoms with Crippen LogP contribution < -0.4 is 15.5 Å². The molecule has 7 nitrogen and oxygen atoms in total. The van der Waals surface area contributed by atoms with Crippen LogP contribution in [0.25, 0.3) is 11.1 Å². The number of benzene rings is 4. The van der Waals surface area contributed by atoms with Gasteiger partial charge in [0.2, 0.25) is 0 Å². The zero-order valence-electron chi connectivity index (χ0n) is 19.9. The van der Waals surface area contributed by atoms with E-state index in [4.69, 9.17) is 5.73 Å². The standard InChI is InChI=1S/C30H21N3O4/c1-2-17-3-9-21(10-4-17)32-27(34)23-13-5-18(15-25(23)29(32)36)19-6-14-24-26(16-19)30(37)33(28(24)35)22-11-7-20(31)8-12-22/h3-16H,2,31H2,1H3. The van der Waals surface area contributed by atoms with Crippen molar-refractivity contribution in [2.45, 2.75) is 13.3 Å². The highest BCUT2D eigenvalue weighted by Crippen LogP contribution is 2.35. The minimum absolute atomic E-state index is 0.278. The van der Waals surface area contributed by atoms with E-state index < -0.39 is 17.7 Å². The van der Waals surface area contributed by atoms with E-state index in [1.165, 1.54) is 4.90 Å². The second-order valence-corrected chi connectivity index (χ2v) is 9.02. The zero-order chi connectivity index (χ0) is 25.8. The number of rotatable bonds is 4. The second-order valence-electron chi connectivity index (χ2n) is 9.02. The van der Waals surface area contributed by atoms with Crippen molar-refractivity contribution in [2.24, 2.45) is 0 Å². The largest absolute Gasteiger partial charge is 0.399 e. The number of nitrogen functional groups attached to an aromatic ring is 1. The van der Waals surface area contributed by atoms with Crippen LogP contribution >= 0.6 is 0 Å². The van der Waals surface area contributed by atoms with Crippen molar-refractivity contribution >= 4 is 40.7 Å². The number of anilines is 3. The molecular weight excluding hydrogens is 466 g/mol. The van der Waals surface area contributed by atoms with E-state index in [1.807, 2.05) is 19.1 Å². The maximum absolute atomic E-state index is 13.2. The van der Waals surface area contributed by atoms with E-state index in [0.717, 1.165) is 16.9 Å². The summed E-state index contributed by atoms with van der Waals surface area (Å²) in [5.41, 5.74) is 10.9. The molecule has 4 amide bonds. The molecule has 2 N–H and O–H groups in total. The van der Waals surface area contributed by atoms with Crippen molar-refractivity contribution in [3.63, 3.8) is 0 Å². The predicted molar refractivity (Wildman–Crippen MR) is 141 cm³/mol. The van der Waals surface area contributed by atoms with Crippen molar-refractivity contribution in [1.82, 2.24) is 0 Å². The Bertz CT molecular complexity index is 1640. The van der Waals surface area contributed by atoms with Gasteiger partial charge in [-0.05, 0) is 83.8 Å². The summed E-state index contributed by atoms with van der Waals surface area (Å²) in [6.07, 6.45) is 0.859. The molecule has 0 radical (unpaired) electrons. The molecule has 37 heavy (non-hydrogen) atoms. The monoisotopic (exact) mass is 487 g/mol. The fourth-order valence-electron chi connectivity index (χ4n) is 4.81. The van der Waals surface area contributed by atoms with Gasteiger partial charge in [0.05, 0.1) is 33.6 Å². The summed E-state index contributed by atoms with van der Waals surface area (Å²) < 4.78 is 0. The molecule has 7 heteroatoms. The van der Waals surface area contributed by atoms with E-state index in [0.29, 0.717) is 44.9 Å². The lowest BCUT2D eigenvalue weighted by molar-refractivity contribution is 0.0910. The number of carbonyl (C=O) groups is 4. The van der Waals surface area contributed by atoms with Crippen molar-refractivity contribution in [1.29, 1.82) is 0 Å². The Morgan fingerprint density at radius 1 is 0.541 bits per heavy atom.